The second-order valence-electron chi connectivity index (χ2n) is 8.69. The minimum Gasteiger partial charge on any atom is -0.355 e. The molecule has 0 saturated heterocycles. The third-order valence-corrected chi connectivity index (χ3v) is 6.23. The Morgan fingerprint density at radius 1 is 1.00 bits per heavy atom. The lowest BCUT2D eigenvalue weighted by molar-refractivity contribution is -0.137. The van der Waals surface area contributed by atoms with Gasteiger partial charge in [-0.1, -0.05) is 18.7 Å². The lowest BCUT2D eigenvalue weighted by Crippen LogP contribution is -2.09. The van der Waals surface area contributed by atoms with Crippen molar-refractivity contribution in [3.8, 4) is 28.6 Å². The zero-order valence-corrected chi connectivity index (χ0v) is 20.3. The van der Waals surface area contributed by atoms with Crippen molar-refractivity contribution >= 4 is 16.9 Å². The van der Waals surface area contributed by atoms with Crippen LogP contribution in [0.5, 0.6) is 0 Å². The number of alkyl halides is 3. The van der Waals surface area contributed by atoms with Gasteiger partial charge in [0.15, 0.2) is 11.6 Å². The summed E-state index contributed by atoms with van der Waals surface area (Å²) in [6.45, 7) is 5.71. The predicted molar refractivity (Wildman–Crippen MR) is 137 cm³/mol. The van der Waals surface area contributed by atoms with E-state index < -0.39 is 28.9 Å². The SMILES string of the molecule is C=C(Nc1ccc(C#N)c(C(F)(F)F)c1)c1cc(-c2cccn3c(-c4cccc(F)c4F)ncc23)cnc1C. The molecule has 0 aliphatic rings. The minimum atomic E-state index is -4.70. The van der Waals surface area contributed by atoms with Crippen LogP contribution in [0, 0.1) is 29.9 Å². The van der Waals surface area contributed by atoms with Crippen LogP contribution in [0.15, 0.2) is 79.8 Å². The monoisotopic (exact) mass is 531 g/mol. The number of nitrogens with one attached hydrogen (secondary N) is 1. The predicted octanol–water partition coefficient (Wildman–Crippen LogP) is 7.62. The van der Waals surface area contributed by atoms with E-state index in [1.54, 1.807) is 41.9 Å². The Morgan fingerprint density at radius 3 is 2.51 bits per heavy atom. The van der Waals surface area contributed by atoms with Crippen LogP contribution in [-0.4, -0.2) is 14.4 Å². The zero-order valence-electron chi connectivity index (χ0n) is 20.3. The van der Waals surface area contributed by atoms with Gasteiger partial charge < -0.3 is 5.32 Å². The van der Waals surface area contributed by atoms with E-state index >= 15 is 0 Å². The van der Waals surface area contributed by atoms with Gasteiger partial charge in [-0.3, -0.25) is 9.38 Å². The standard InChI is InChI=1S/C29H18F5N5/c1-16-23(17(2)38-20-9-8-18(13-35)24(12-20)29(32,33)34)11-19(14-36-16)21-6-4-10-39-26(21)15-37-28(39)22-5-3-7-25(30)27(22)31/h3-12,14-15,38H,2H2,1H3. The van der Waals surface area contributed by atoms with Crippen molar-refractivity contribution in [2.45, 2.75) is 13.1 Å². The van der Waals surface area contributed by atoms with E-state index in [1.807, 2.05) is 6.07 Å². The van der Waals surface area contributed by atoms with E-state index in [2.05, 4.69) is 21.9 Å². The molecule has 3 heterocycles. The molecule has 2 aromatic carbocycles. The Hall–Kier alpha value is -5.04. The normalized spacial score (nSPS) is 11.4. The molecule has 0 saturated carbocycles. The molecule has 0 bridgehead atoms. The summed E-state index contributed by atoms with van der Waals surface area (Å²) in [4.78, 5) is 8.75. The molecule has 194 valence electrons. The van der Waals surface area contributed by atoms with Crippen molar-refractivity contribution < 1.29 is 22.0 Å². The van der Waals surface area contributed by atoms with Crippen LogP contribution in [-0.2, 0) is 6.18 Å². The molecule has 0 radical (unpaired) electrons. The van der Waals surface area contributed by atoms with E-state index in [0.717, 1.165) is 18.2 Å². The van der Waals surface area contributed by atoms with Crippen LogP contribution in [0.1, 0.15) is 22.4 Å². The second kappa shape index (κ2) is 9.68. The fraction of sp³-hybridized carbons (Fsp3) is 0.0690. The minimum absolute atomic E-state index is 0.00749. The van der Waals surface area contributed by atoms with Gasteiger partial charge >= 0.3 is 6.18 Å². The summed E-state index contributed by atoms with van der Waals surface area (Å²) in [5.74, 6) is -1.77. The number of halogens is 5. The summed E-state index contributed by atoms with van der Waals surface area (Å²) in [6.07, 6.45) is 0.147. The van der Waals surface area contributed by atoms with Gasteiger partial charge in [0.1, 0.15) is 5.82 Å². The third kappa shape index (κ3) is 4.70. The molecule has 0 aliphatic heterocycles. The first-order valence-electron chi connectivity index (χ1n) is 11.5. The number of aromatic nitrogens is 3. The van der Waals surface area contributed by atoms with Gasteiger partial charge in [0.2, 0.25) is 0 Å². The molecule has 0 fully saturated rings. The molecule has 1 N–H and O–H groups in total. The summed E-state index contributed by atoms with van der Waals surface area (Å²) in [5, 5.41) is 11.9. The van der Waals surface area contributed by atoms with Gasteiger partial charge in [0, 0.05) is 46.2 Å². The highest BCUT2D eigenvalue weighted by Crippen LogP contribution is 2.35. The smallest absolute Gasteiger partial charge is 0.355 e. The number of aryl methyl sites for hydroxylation is 1. The van der Waals surface area contributed by atoms with Crippen LogP contribution >= 0.6 is 0 Å². The fourth-order valence-electron chi connectivity index (χ4n) is 4.32. The van der Waals surface area contributed by atoms with Gasteiger partial charge in [0.25, 0.3) is 0 Å². The summed E-state index contributed by atoms with van der Waals surface area (Å²) < 4.78 is 70.2. The summed E-state index contributed by atoms with van der Waals surface area (Å²) in [5.41, 5.74) is 1.93. The molecular weight excluding hydrogens is 513 g/mol. The molecule has 5 aromatic rings. The van der Waals surface area contributed by atoms with Gasteiger partial charge in [-0.15, -0.1) is 0 Å². The number of hydrogen-bond acceptors (Lipinski definition) is 4. The van der Waals surface area contributed by atoms with Crippen molar-refractivity contribution in [3.05, 3.63) is 114 Å². The Morgan fingerprint density at radius 2 is 1.77 bits per heavy atom. The van der Waals surface area contributed by atoms with Crippen LogP contribution in [0.3, 0.4) is 0 Å². The number of benzene rings is 2. The number of rotatable bonds is 5. The summed E-state index contributed by atoms with van der Waals surface area (Å²) in [7, 11) is 0. The summed E-state index contributed by atoms with van der Waals surface area (Å²) >= 11 is 0. The number of fused-ring (bicyclic) bond motifs is 1. The molecule has 0 amide bonds. The van der Waals surface area contributed by atoms with E-state index in [1.165, 1.54) is 24.4 Å². The first kappa shape index (κ1) is 25.6. The average Bonchev–Trinajstić information content (AvgIpc) is 3.34. The first-order chi connectivity index (χ1) is 18.6. The molecule has 0 unspecified atom stereocenters. The molecule has 0 atom stereocenters. The number of imidazole rings is 1. The zero-order chi connectivity index (χ0) is 27.9. The molecule has 5 rings (SSSR count). The largest absolute Gasteiger partial charge is 0.417 e. The van der Waals surface area contributed by atoms with Crippen molar-refractivity contribution in [1.29, 1.82) is 5.26 Å². The molecule has 0 aliphatic carbocycles. The highest BCUT2D eigenvalue weighted by Gasteiger charge is 2.34. The molecule has 10 heteroatoms. The molecule has 39 heavy (non-hydrogen) atoms. The molecule has 0 spiro atoms. The molecule has 3 aromatic heterocycles. The maximum Gasteiger partial charge on any atom is 0.417 e. The molecular formula is C29H18F5N5. The van der Waals surface area contributed by atoms with Crippen molar-refractivity contribution in [3.63, 3.8) is 0 Å². The van der Waals surface area contributed by atoms with E-state index in [4.69, 9.17) is 5.26 Å². The average molecular weight is 531 g/mol. The van der Waals surface area contributed by atoms with Crippen molar-refractivity contribution in [1.82, 2.24) is 14.4 Å². The van der Waals surface area contributed by atoms with Crippen molar-refractivity contribution in [2.75, 3.05) is 5.32 Å². The Labute approximate surface area is 219 Å². The van der Waals surface area contributed by atoms with Crippen LogP contribution in [0.4, 0.5) is 27.6 Å². The third-order valence-electron chi connectivity index (χ3n) is 6.23. The van der Waals surface area contributed by atoms with Crippen LogP contribution in [0.2, 0.25) is 0 Å². The highest BCUT2D eigenvalue weighted by atomic mass is 19.4. The lowest BCUT2D eigenvalue weighted by atomic mass is 10.0. The Bertz CT molecular complexity index is 1800. The maximum absolute atomic E-state index is 14.5. The summed E-state index contributed by atoms with van der Waals surface area (Å²) in [6, 6.07) is 14.1. The van der Waals surface area contributed by atoms with Gasteiger partial charge in [-0.25, -0.2) is 13.8 Å². The van der Waals surface area contributed by atoms with Crippen molar-refractivity contribution in [2.24, 2.45) is 0 Å². The highest BCUT2D eigenvalue weighted by molar-refractivity contribution is 5.85. The van der Waals surface area contributed by atoms with E-state index in [-0.39, 0.29) is 17.1 Å². The maximum atomic E-state index is 14.5. The second-order valence-corrected chi connectivity index (χ2v) is 8.69. The first-order valence-corrected chi connectivity index (χ1v) is 11.5. The quantitative estimate of drug-likeness (QED) is 0.237. The van der Waals surface area contributed by atoms with Crippen LogP contribution in [0.25, 0.3) is 33.7 Å². The Balaban J connectivity index is 1.52. The topological polar surface area (TPSA) is 66.0 Å². The van der Waals surface area contributed by atoms with Crippen LogP contribution < -0.4 is 5.32 Å². The van der Waals surface area contributed by atoms with E-state index in [9.17, 15) is 22.0 Å². The Kier molecular flexibility index (Phi) is 6.36. The number of hydrogen-bond donors (Lipinski definition) is 1. The number of anilines is 1. The van der Waals surface area contributed by atoms with Gasteiger partial charge in [-0.2, -0.15) is 18.4 Å². The number of nitrogens with zero attached hydrogens (tertiary/aromatic N) is 4. The number of pyridine rings is 2. The fourth-order valence-corrected chi connectivity index (χ4v) is 4.32. The number of nitriles is 1. The molecule has 5 nitrogen and oxygen atoms in total. The van der Waals surface area contributed by atoms with Gasteiger partial charge in [-0.05, 0) is 49.4 Å². The van der Waals surface area contributed by atoms with E-state index in [0.29, 0.717) is 33.6 Å². The van der Waals surface area contributed by atoms with Gasteiger partial charge in [0.05, 0.1) is 34.5 Å². The lowest BCUT2D eigenvalue weighted by Gasteiger charge is -2.16.